The maximum absolute atomic E-state index is 13.0. The first-order valence-corrected chi connectivity index (χ1v) is 9.07. The summed E-state index contributed by atoms with van der Waals surface area (Å²) < 4.78 is 17.4. The van der Waals surface area contributed by atoms with Gasteiger partial charge in [-0.05, 0) is 54.5 Å². The highest BCUT2D eigenvalue weighted by atomic mass is 16.5. The van der Waals surface area contributed by atoms with Gasteiger partial charge in [0.05, 0.1) is 23.9 Å². The summed E-state index contributed by atoms with van der Waals surface area (Å²) in [6, 6.07) is 9.40. The predicted molar refractivity (Wildman–Crippen MR) is 102 cm³/mol. The van der Waals surface area contributed by atoms with Crippen LogP contribution >= 0.6 is 0 Å². The maximum atomic E-state index is 13.0. The number of furan rings is 1. The Morgan fingerprint density at radius 1 is 1.25 bits per heavy atom. The van der Waals surface area contributed by atoms with E-state index in [-0.39, 0.29) is 5.78 Å². The summed E-state index contributed by atoms with van der Waals surface area (Å²) in [5, 5.41) is 0. The van der Waals surface area contributed by atoms with E-state index in [4.69, 9.17) is 13.9 Å². The molecule has 0 unspecified atom stereocenters. The van der Waals surface area contributed by atoms with Crippen LogP contribution in [-0.2, 0) is 13.1 Å². The quantitative estimate of drug-likeness (QED) is 0.647. The molecule has 2 aliphatic heterocycles. The van der Waals surface area contributed by atoms with Crippen molar-refractivity contribution in [1.29, 1.82) is 0 Å². The lowest BCUT2D eigenvalue weighted by Crippen LogP contribution is -2.31. The maximum Gasteiger partial charge on any atom is 0.232 e. The van der Waals surface area contributed by atoms with Gasteiger partial charge in [-0.15, -0.1) is 0 Å². The van der Waals surface area contributed by atoms with E-state index >= 15 is 0 Å². The molecule has 6 nitrogen and oxygen atoms in total. The van der Waals surface area contributed by atoms with E-state index in [0.29, 0.717) is 36.9 Å². The van der Waals surface area contributed by atoms with Crippen molar-refractivity contribution in [1.82, 2.24) is 9.88 Å². The highest BCUT2D eigenvalue weighted by Crippen LogP contribution is 2.44. The Labute approximate surface area is 162 Å². The number of fused-ring (bicyclic) bond motifs is 3. The molecule has 0 saturated carbocycles. The Morgan fingerprint density at radius 3 is 2.89 bits per heavy atom. The van der Waals surface area contributed by atoms with Crippen LogP contribution in [0.5, 0.6) is 11.5 Å². The Balaban J connectivity index is 1.49. The zero-order valence-electron chi connectivity index (χ0n) is 15.3. The van der Waals surface area contributed by atoms with Crippen LogP contribution < -0.4 is 9.47 Å². The number of Topliss-reactive ketones (excluding diaryl/α,β-unsaturated/α-hetero) is 1. The topological polar surface area (TPSA) is 64.8 Å². The fourth-order valence-corrected chi connectivity index (χ4v) is 3.61. The minimum absolute atomic E-state index is 0.102. The molecule has 0 saturated heterocycles. The molecule has 0 N–H and O–H groups in total. The van der Waals surface area contributed by atoms with Crippen LogP contribution in [-0.4, -0.2) is 22.4 Å². The van der Waals surface area contributed by atoms with Crippen LogP contribution in [0.2, 0.25) is 0 Å². The third-order valence-corrected chi connectivity index (χ3v) is 4.95. The molecule has 1 aromatic carbocycles. The van der Waals surface area contributed by atoms with E-state index in [0.717, 1.165) is 28.2 Å². The first-order chi connectivity index (χ1) is 13.7. The molecule has 4 heterocycles. The lowest BCUT2D eigenvalue weighted by atomic mass is 9.98. The first-order valence-electron chi connectivity index (χ1n) is 9.07. The van der Waals surface area contributed by atoms with Gasteiger partial charge >= 0.3 is 0 Å². The number of carbonyl (C=O) groups excluding carboxylic acids is 1. The first kappa shape index (κ1) is 16.8. The fraction of sp³-hybridized carbons (Fsp3) is 0.182. The van der Waals surface area contributed by atoms with Crippen molar-refractivity contribution in [2.24, 2.45) is 0 Å². The van der Waals surface area contributed by atoms with Crippen LogP contribution in [0.4, 0.5) is 0 Å². The standard InChI is InChI=1S/C22H18N2O4/c1-14-9-18-17(12-24(13-27-18)11-16-3-2-8-26-16)22-20(14)21(25)19(28-22)10-15-4-6-23-7-5-15/h2-10H,11-13H2,1H3/b19-10-. The smallest absolute Gasteiger partial charge is 0.232 e. The van der Waals surface area contributed by atoms with E-state index < -0.39 is 0 Å². The largest absolute Gasteiger partial charge is 0.478 e. The zero-order valence-corrected chi connectivity index (χ0v) is 15.3. The van der Waals surface area contributed by atoms with Gasteiger partial charge in [0.2, 0.25) is 5.78 Å². The number of ether oxygens (including phenoxy) is 2. The minimum Gasteiger partial charge on any atom is -0.478 e. The Morgan fingerprint density at radius 2 is 2.11 bits per heavy atom. The van der Waals surface area contributed by atoms with Crippen LogP contribution in [0.1, 0.15) is 32.8 Å². The number of pyridine rings is 1. The summed E-state index contributed by atoms with van der Waals surface area (Å²) in [6.45, 7) is 3.62. The predicted octanol–water partition coefficient (Wildman–Crippen LogP) is 3.95. The fourth-order valence-electron chi connectivity index (χ4n) is 3.61. The van der Waals surface area contributed by atoms with Crippen LogP contribution in [0.25, 0.3) is 6.08 Å². The van der Waals surface area contributed by atoms with Crippen LogP contribution in [0.3, 0.4) is 0 Å². The summed E-state index contributed by atoms with van der Waals surface area (Å²) >= 11 is 0. The van der Waals surface area contributed by atoms with Crippen molar-refractivity contribution in [3.05, 3.63) is 82.8 Å². The van der Waals surface area contributed by atoms with Crippen LogP contribution in [0.15, 0.2) is 59.2 Å². The Kier molecular flexibility index (Phi) is 3.98. The highest BCUT2D eigenvalue weighted by Gasteiger charge is 2.35. The molecule has 0 amide bonds. The molecule has 2 aliphatic rings. The van der Waals surface area contributed by atoms with Gasteiger partial charge in [-0.1, -0.05) is 0 Å². The molecular weight excluding hydrogens is 356 g/mol. The molecule has 6 heteroatoms. The van der Waals surface area contributed by atoms with Gasteiger partial charge in [-0.2, -0.15) is 0 Å². The number of allylic oxidation sites excluding steroid dienone is 1. The molecular formula is C22H18N2O4. The second-order valence-electron chi connectivity index (χ2n) is 6.93. The average Bonchev–Trinajstić information content (AvgIpc) is 3.32. The number of aryl methyl sites for hydroxylation is 1. The van der Waals surface area contributed by atoms with Gasteiger partial charge in [0.15, 0.2) is 5.76 Å². The number of carbonyl (C=O) groups is 1. The van der Waals surface area contributed by atoms with Gasteiger partial charge in [-0.3, -0.25) is 14.7 Å². The summed E-state index contributed by atoms with van der Waals surface area (Å²) in [7, 11) is 0. The summed E-state index contributed by atoms with van der Waals surface area (Å²) in [5.41, 5.74) is 3.23. The number of ketones is 1. The number of hydrogen-bond donors (Lipinski definition) is 0. The van der Waals surface area contributed by atoms with E-state index in [9.17, 15) is 4.79 Å². The second-order valence-corrected chi connectivity index (χ2v) is 6.93. The van der Waals surface area contributed by atoms with Crippen LogP contribution in [0, 0.1) is 6.92 Å². The van der Waals surface area contributed by atoms with Crippen molar-refractivity contribution < 1.29 is 18.7 Å². The third-order valence-electron chi connectivity index (χ3n) is 4.95. The normalized spacial score (nSPS) is 17.2. The monoisotopic (exact) mass is 374 g/mol. The van der Waals surface area contributed by atoms with E-state index in [1.54, 1.807) is 24.7 Å². The third kappa shape index (κ3) is 2.88. The van der Waals surface area contributed by atoms with Crippen molar-refractivity contribution in [2.45, 2.75) is 20.0 Å². The minimum atomic E-state index is -0.102. The van der Waals surface area contributed by atoms with E-state index in [2.05, 4.69) is 9.88 Å². The van der Waals surface area contributed by atoms with Gasteiger partial charge in [0.1, 0.15) is 24.0 Å². The van der Waals surface area contributed by atoms with Gasteiger partial charge in [0.25, 0.3) is 0 Å². The Bertz CT molecular complexity index is 1070. The molecule has 140 valence electrons. The van der Waals surface area contributed by atoms with Crippen molar-refractivity contribution in [3.8, 4) is 11.5 Å². The number of rotatable bonds is 3. The second kappa shape index (κ2) is 6.65. The van der Waals surface area contributed by atoms with Gasteiger partial charge in [-0.25, -0.2) is 0 Å². The summed E-state index contributed by atoms with van der Waals surface area (Å²) in [4.78, 5) is 19.1. The van der Waals surface area contributed by atoms with Crippen molar-refractivity contribution in [3.63, 3.8) is 0 Å². The Hall–Kier alpha value is -3.38. The van der Waals surface area contributed by atoms with E-state index in [1.165, 1.54) is 0 Å². The number of aromatic nitrogens is 1. The molecule has 5 rings (SSSR count). The van der Waals surface area contributed by atoms with Crippen molar-refractivity contribution in [2.75, 3.05) is 6.73 Å². The number of hydrogen-bond acceptors (Lipinski definition) is 6. The summed E-state index contributed by atoms with van der Waals surface area (Å²) in [6.07, 6.45) is 6.78. The SMILES string of the molecule is Cc1cc2c(c3c1C(=O)/C(=C/c1ccncc1)O3)CN(Cc1ccco1)CO2. The molecule has 0 atom stereocenters. The van der Waals surface area contributed by atoms with E-state index in [1.807, 2.05) is 37.3 Å². The molecule has 2 aromatic heterocycles. The molecule has 0 aliphatic carbocycles. The molecule has 0 fully saturated rings. The average molecular weight is 374 g/mol. The van der Waals surface area contributed by atoms with Gasteiger partial charge in [0, 0.05) is 18.9 Å². The zero-order chi connectivity index (χ0) is 19.1. The van der Waals surface area contributed by atoms with Gasteiger partial charge < -0.3 is 13.9 Å². The number of benzene rings is 1. The lowest BCUT2D eigenvalue weighted by molar-refractivity contribution is 0.0809. The molecule has 28 heavy (non-hydrogen) atoms. The van der Waals surface area contributed by atoms with Crippen molar-refractivity contribution >= 4 is 11.9 Å². The molecule has 0 bridgehead atoms. The molecule has 3 aromatic rings. The molecule has 0 radical (unpaired) electrons. The highest BCUT2D eigenvalue weighted by molar-refractivity contribution is 6.15. The summed E-state index contributed by atoms with van der Waals surface area (Å²) in [5.74, 6) is 2.46. The number of nitrogens with zero attached hydrogens (tertiary/aromatic N) is 2. The lowest BCUT2D eigenvalue weighted by Gasteiger charge is -2.29. The molecule has 0 spiro atoms.